The Balaban J connectivity index is 3.11. The average Bonchev–Trinajstić information content (AvgIpc) is 2.68. The fourth-order valence-electron chi connectivity index (χ4n) is 0.846. The second kappa shape index (κ2) is 4.74. The molecule has 0 N–H and O–H groups in total. The van der Waals surface area contributed by atoms with E-state index in [4.69, 9.17) is 12.3 Å². The van der Waals surface area contributed by atoms with E-state index in [0.29, 0.717) is 0 Å². The molecule has 5 heteroatoms. The molecule has 0 aromatic heterocycles. The van der Waals surface area contributed by atoms with Crippen LogP contribution in [-0.2, 0) is 19.2 Å². The van der Waals surface area contributed by atoms with Gasteiger partial charge in [-0.1, -0.05) is 13.2 Å². The van der Waals surface area contributed by atoms with Gasteiger partial charge in [-0.25, -0.2) is 4.79 Å². The predicted molar refractivity (Wildman–Crippen MR) is 46.7 cm³/mol. The monoisotopic (exact) mass is 208 g/mol. The Kier molecular flexibility index (Phi) is 1.23. The normalized spacial score (nSPS) is 29.7. The van der Waals surface area contributed by atoms with E-state index in [1.165, 1.54) is 0 Å². The van der Waals surface area contributed by atoms with Crippen molar-refractivity contribution in [1.82, 2.24) is 5.06 Å². The number of imide groups is 1. The highest BCUT2D eigenvalue weighted by atomic mass is 16.7. The van der Waals surface area contributed by atoms with E-state index in [-0.39, 0.29) is 17.9 Å². The van der Waals surface area contributed by atoms with Crippen molar-refractivity contribution in [2.24, 2.45) is 0 Å². The molecule has 1 aliphatic heterocycles. The molecule has 1 aliphatic rings. The van der Waals surface area contributed by atoms with Gasteiger partial charge in [0.15, 0.2) is 0 Å². The van der Waals surface area contributed by atoms with Gasteiger partial charge in [-0.2, -0.15) is 0 Å². The fourth-order valence-corrected chi connectivity index (χ4v) is 0.846. The lowest BCUT2D eigenvalue weighted by molar-refractivity contribution is -0.197. The summed E-state index contributed by atoms with van der Waals surface area (Å²) in [6.07, 6.45) is -11.9. The SMILES string of the molecule is [2H]C([2H])([2H])C([2H])([2H])C([2H])([2H])C([2H])([2H])C(=O)ON1C(=O)CCC1=O. The summed E-state index contributed by atoms with van der Waals surface area (Å²) < 4.78 is 65.4. The molecule has 1 rings (SSSR count). The van der Waals surface area contributed by atoms with Crippen LogP contribution < -0.4 is 0 Å². The van der Waals surface area contributed by atoms with Gasteiger partial charge in [0.1, 0.15) is 0 Å². The van der Waals surface area contributed by atoms with Crippen molar-refractivity contribution in [3.8, 4) is 0 Å². The molecule has 5 nitrogen and oxygen atoms in total. The summed E-state index contributed by atoms with van der Waals surface area (Å²) in [5.41, 5.74) is 0. The molecule has 0 aromatic carbocycles. The molecule has 0 aromatic rings. The second-order valence-corrected chi connectivity index (χ2v) is 2.34. The van der Waals surface area contributed by atoms with Gasteiger partial charge in [0.25, 0.3) is 11.8 Å². The maximum Gasteiger partial charge on any atom is 0.333 e. The molecule has 0 unspecified atom stereocenters. The third kappa shape index (κ3) is 2.55. The van der Waals surface area contributed by atoms with Crippen LogP contribution in [-0.4, -0.2) is 22.8 Å². The molecule has 14 heavy (non-hydrogen) atoms. The maximum absolute atomic E-state index is 11.8. The fraction of sp³-hybridized carbons (Fsp3) is 0.667. The van der Waals surface area contributed by atoms with Crippen LogP contribution >= 0.6 is 0 Å². The van der Waals surface area contributed by atoms with Crippen molar-refractivity contribution in [3.05, 3.63) is 0 Å². The lowest BCUT2D eigenvalue weighted by Gasteiger charge is -2.11. The predicted octanol–water partition coefficient (Wildman–Crippen LogP) is 0.784. The highest BCUT2D eigenvalue weighted by molar-refractivity contribution is 6.01. The molecule has 0 spiro atoms. The van der Waals surface area contributed by atoms with Gasteiger partial charge in [0.05, 0.1) is 0 Å². The number of hydroxylamine groups is 2. The van der Waals surface area contributed by atoms with Crippen molar-refractivity contribution in [2.45, 2.75) is 38.8 Å². The minimum absolute atomic E-state index is 0.0405. The largest absolute Gasteiger partial charge is 0.333 e. The molecule has 0 aliphatic carbocycles. The highest BCUT2D eigenvalue weighted by Gasteiger charge is 2.32. The molecule has 1 fully saturated rings. The summed E-state index contributed by atoms with van der Waals surface area (Å²) in [4.78, 5) is 38.6. The minimum Gasteiger partial charge on any atom is -0.330 e. The van der Waals surface area contributed by atoms with Crippen LogP contribution in [0.4, 0.5) is 0 Å². The first-order chi connectivity index (χ1) is 10.1. The van der Waals surface area contributed by atoms with E-state index >= 15 is 0 Å². The Hall–Kier alpha value is -1.39. The molecular formula is C9H13NO4. The average molecular weight is 208 g/mol. The van der Waals surface area contributed by atoms with Crippen LogP contribution in [0.2, 0.25) is 0 Å². The lowest BCUT2D eigenvalue weighted by Crippen LogP contribution is -2.31. The Labute approximate surface area is 94.6 Å². The Morgan fingerprint density at radius 3 is 2.79 bits per heavy atom. The van der Waals surface area contributed by atoms with Crippen molar-refractivity contribution < 1.29 is 31.6 Å². The molecule has 0 bridgehead atoms. The standard InChI is InChI=1S/C9H13NO4/c1-2-3-4-9(13)14-10-7(11)5-6-8(10)12/h2-6H2,1H3/i1D3,2D2,3D2,4D2. The third-order valence-corrected chi connectivity index (χ3v) is 1.41. The van der Waals surface area contributed by atoms with Crippen LogP contribution in [0.15, 0.2) is 0 Å². The zero-order chi connectivity index (χ0) is 18.4. The van der Waals surface area contributed by atoms with Crippen LogP contribution in [0.5, 0.6) is 0 Å². The third-order valence-electron chi connectivity index (χ3n) is 1.41. The number of nitrogens with zero attached hydrogens (tertiary/aromatic N) is 1. The summed E-state index contributed by atoms with van der Waals surface area (Å²) in [7, 11) is 0. The summed E-state index contributed by atoms with van der Waals surface area (Å²) in [5.74, 6) is -3.98. The molecule has 78 valence electrons. The Morgan fingerprint density at radius 1 is 1.57 bits per heavy atom. The molecule has 1 heterocycles. The number of carbonyl (C=O) groups is 3. The van der Waals surface area contributed by atoms with Gasteiger partial charge in [-0.15, -0.1) is 5.06 Å². The van der Waals surface area contributed by atoms with E-state index in [1.807, 2.05) is 0 Å². The van der Waals surface area contributed by atoms with Gasteiger partial charge >= 0.3 is 5.97 Å². The molecule has 0 atom stereocenters. The number of hydrogen-bond donors (Lipinski definition) is 0. The zero-order valence-corrected chi connectivity index (χ0v) is 6.99. The Morgan fingerprint density at radius 2 is 2.21 bits per heavy atom. The molecule has 2 amide bonds. The molecule has 0 radical (unpaired) electrons. The molecule has 0 saturated carbocycles. The smallest absolute Gasteiger partial charge is 0.330 e. The summed E-state index contributed by atoms with van der Waals surface area (Å²) >= 11 is 0. The van der Waals surface area contributed by atoms with E-state index in [1.54, 1.807) is 0 Å². The summed E-state index contributed by atoms with van der Waals surface area (Å²) in [6.45, 7) is -3.58. The van der Waals surface area contributed by atoms with E-state index in [2.05, 4.69) is 4.84 Å². The van der Waals surface area contributed by atoms with E-state index in [0.717, 1.165) is 0 Å². The Bertz CT molecular complexity index is 526. The van der Waals surface area contributed by atoms with Gasteiger partial charge in [-0.3, -0.25) is 9.59 Å². The van der Waals surface area contributed by atoms with Crippen LogP contribution in [0.3, 0.4) is 0 Å². The van der Waals surface area contributed by atoms with Crippen LogP contribution in [0.25, 0.3) is 0 Å². The van der Waals surface area contributed by atoms with Crippen LogP contribution in [0.1, 0.15) is 51.1 Å². The number of hydrogen-bond acceptors (Lipinski definition) is 4. The second-order valence-electron chi connectivity index (χ2n) is 2.34. The topological polar surface area (TPSA) is 63.7 Å². The highest BCUT2D eigenvalue weighted by Crippen LogP contribution is 2.12. The van der Waals surface area contributed by atoms with Gasteiger partial charge in [0, 0.05) is 31.6 Å². The van der Waals surface area contributed by atoms with Crippen molar-refractivity contribution >= 4 is 17.8 Å². The number of rotatable bonds is 4. The first-order valence-corrected chi connectivity index (χ1v) is 3.65. The van der Waals surface area contributed by atoms with Gasteiger partial charge < -0.3 is 4.84 Å². The first-order valence-electron chi connectivity index (χ1n) is 8.15. The van der Waals surface area contributed by atoms with Gasteiger partial charge in [-0.05, 0) is 6.37 Å². The van der Waals surface area contributed by atoms with Crippen molar-refractivity contribution in [3.63, 3.8) is 0 Å². The van der Waals surface area contributed by atoms with Crippen molar-refractivity contribution in [2.75, 3.05) is 0 Å². The lowest BCUT2D eigenvalue weighted by atomic mass is 10.3. The molecular weight excluding hydrogens is 186 g/mol. The number of carbonyl (C=O) groups excluding carboxylic acids is 3. The van der Waals surface area contributed by atoms with Crippen LogP contribution in [0, 0.1) is 0 Å². The number of amides is 2. The van der Waals surface area contributed by atoms with Crippen molar-refractivity contribution in [1.29, 1.82) is 0 Å². The van der Waals surface area contributed by atoms with Gasteiger partial charge in [0.2, 0.25) is 0 Å². The summed E-state index contributed by atoms with van der Waals surface area (Å²) in [5, 5.41) is -0.0405. The summed E-state index contributed by atoms with van der Waals surface area (Å²) in [6, 6.07) is 0. The zero-order valence-electron chi connectivity index (χ0n) is 16.0. The quantitative estimate of drug-likeness (QED) is 0.640. The molecule has 1 saturated heterocycles. The first kappa shape index (κ1) is 3.64. The van der Waals surface area contributed by atoms with E-state index in [9.17, 15) is 14.4 Å². The maximum atomic E-state index is 11.8. The minimum atomic E-state index is -3.84. The van der Waals surface area contributed by atoms with E-state index < -0.39 is 43.8 Å².